The Balaban J connectivity index is 2.96. The molecule has 0 aliphatic heterocycles. The van der Waals surface area contributed by atoms with Crippen molar-refractivity contribution in [1.29, 1.82) is 0 Å². The molecule has 0 bridgehead atoms. The van der Waals surface area contributed by atoms with Crippen molar-refractivity contribution in [1.82, 2.24) is 4.40 Å². The summed E-state index contributed by atoms with van der Waals surface area (Å²) < 4.78 is 2.03. The smallest absolute Gasteiger partial charge is 0.337 e. The molecule has 2 rings (SSSR count). The molecule has 0 spiro atoms. The van der Waals surface area contributed by atoms with Crippen molar-refractivity contribution >= 4 is 27.4 Å². The molecule has 0 unspecified atom stereocenters. The maximum atomic E-state index is 11.4. The first-order chi connectivity index (χ1) is 7.09. The van der Waals surface area contributed by atoms with Crippen molar-refractivity contribution in [2.75, 3.05) is 0 Å². The lowest BCUT2D eigenvalue weighted by molar-refractivity contribution is 0.0698. The first-order valence-corrected chi connectivity index (χ1v) is 4.93. The van der Waals surface area contributed by atoms with E-state index in [4.69, 9.17) is 5.11 Å². The fourth-order valence-corrected chi connectivity index (χ4v) is 1.71. The van der Waals surface area contributed by atoms with Gasteiger partial charge < -0.3 is 5.11 Å². The van der Waals surface area contributed by atoms with Gasteiger partial charge in [0.2, 0.25) is 0 Å². The lowest BCUT2D eigenvalue weighted by Crippen LogP contribution is -2.14. The molecule has 0 aliphatic rings. The van der Waals surface area contributed by atoms with Gasteiger partial charge >= 0.3 is 5.97 Å². The third kappa shape index (κ3) is 1.66. The van der Waals surface area contributed by atoms with Crippen LogP contribution in [0.15, 0.2) is 39.7 Å². The molecule has 0 aliphatic carbocycles. The van der Waals surface area contributed by atoms with Crippen LogP contribution in [0.1, 0.15) is 10.4 Å². The summed E-state index contributed by atoms with van der Waals surface area (Å²) in [5, 5.41) is 8.93. The third-order valence-electron chi connectivity index (χ3n) is 2.05. The predicted molar refractivity (Wildman–Crippen MR) is 58.3 cm³/mol. The summed E-state index contributed by atoms with van der Waals surface area (Å²) in [6, 6.07) is 5.84. The Hall–Kier alpha value is -1.62. The first kappa shape index (κ1) is 9.92. The third-order valence-corrected chi connectivity index (χ3v) is 2.55. The largest absolute Gasteiger partial charge is 0.478 e. The summed E-state index contributed by atoms with van der Waals surface area (Å²) >= 11 is 3.23. The number of halogens is 1. The topological polar surface area (TPSA) is 58.8 Å². The highest BCUT2D eigenvalue weighted by atomic mass is 79.9. The summed E-state index contributed by atoms with van der Waals surface area (Å²) in [6.07, 6.45) is 1.54. The molecule has 0 atom stereocenters. The van der Waals surface area contributed by atoms with Crippen molar-refractivity contribution in [2.24, 2.45) is 0 Å². The SMILES string of the molecule is O=C(O)c1ccc(=O)n2ccc(Br)cc12. The van der Waals surface area contributed by atoms with Crippen LogP contribution in [-0.2, 0) is 0 Å². The molecule has 1 N–H and O–H groups in total. The number of hydrogen-bond donors (Lipinski definition) is 1. The van der Waals surface area contributed by atoms with Crippen LogP contribution < -0.4 is 5.56 Å². The van der Waals surface area contributed by atoms with E-state index >= 15 is 0 Å². The number of aromatic carboxylic acids is 1. The van der Waals surface area contributed by atoms with Gasteiger partial charge in [0.15, 0.2) is 0 Å². The Bertz CT molecular complexity index is 603. The van der Waals surface area contributed by atoms with E-state index < -0.39 is 5.97 Å². The summed E-state index contributed by atoms with van der Waals surface area (Å²) in [5.74, 6) is -1.05. The molecule has 0 aromatic carbocycles. The summed E-state index contributed by atoms with van der Waals surface area (Å²) in [4.78, 5) is 22.3. The molecule has 4 nitrogen and oxygen atoms in total. The number of rotatable bonds is 1. The quantitative estimate of drug-likeness (QED) is 0.857. The number of hydrogen-bond acceptors (Lipinski definition) is 2. The Labute approximate surface area is 92.9 Å². The fraction of sp³-hybridized carbons (Fsp3) is 0. The molecule has 5 heteroatoms. The fourth-order valence-electron chi connectivity index (χ4n) is 1.38. The van der Waals surface area contributed by atoms with Crippen LogP contribution in [0.25, 0.3) is 5.52 Å². The predicted octanol–water partition coefficient (Wildman–Crippen LogP) is 1.76. The van der Waals surface area contributed by atoms with Gasteiger partial charge in [-0.25, -0.2) is 4.79 Å². The minimum atomic E-state index is -1.05. The second kappa shape index (κ2) is 3.51. The van der Waals surface area contributed by atoms with Crippen LogP contribution in [0.2, 0.25) is 0 Å². The molecular formula is C10H6BrNO3. The molecule has 0 amide bonds. The van der Waals surface area contributed by atoms with Crippen molar-refractivity contribution in [3.8, 4) is 0 Å². The maximum Gasteiger partial charge on any atom is 0.337 e. The normalized spacial score (nSPS) is 10.5. The van der Waals surface area contributed by atoms with Gasteiger partial charge in [0.05, 0.1) is 11.1 Å². The average Bonchev–Trinajstić information content (AvgIpc) is 2.17. The number of fused-ring (bicyclic) bond motifs is 1. The molecule has 15 heavy (non-hydrogen) atoms. The van der Waals surface area contributed by atoms with E-state index in [2.05, 4.69) is 15.9 Å². The van der Waals surface area contributed by atoms with Gasteiger partial charge in [0, 0.05) is 16.7 Å². The molecule has 76 valence electrons. The zero-order chi connectivity index (χ0) is 11.0. The van der Waals surface area contributed by atoms with E-state index in [1.165, 1.54) is 22.7 Å². The van der Waals surface area contributed by atoms with Crippen LogP contribution in [0.4, 0.5) is 0 Å². The average molecular weight is 268 g/mol. The number of pyridine rings is 2. The Morgan fingerprint density at radius 2 is 2.07 bits per heavy atom. The van der Waals surface area contributed by atoms with Gasteiger partial charge in [-0.15, -0.1) is 0 Å². The lowest BCUT2D eigenvalue weighted by Gasteiger charge is -2.03. The van der Waals surface area contributed by atoms with Gasteiger partial charge in [-0.3, -0.25) is 9.20 Å². The summed E-state index contributed by atoms with van der Waals surface area (Å²) in [5.41, 5.74) is 0.239. The van der Waals surface area contributed by atoms with E-state index in [9.17, 15) is 9.59 Å². The van der Waals surface area contributed by atoms with Crippen molar-refractivity contribution in [3.05, 3.63) is 50.9 Å². The van der Waals surface area contributed by atoms with Gasteiger partial charge in [-0.1, -0.05) is 15.9 Å². The standard InChI is InChI=1S/C10H6BrNO3/c11-6-3-4-12-8(5-6)7(10(14)15)1-2-9(12)13/h1-5H,(H,14,15). The number of carboxylic acids is 1. The Morgan fingerprint density at radius 3 is 2.73 bits per heavy atom. The van der Waals surface area contributed by atoms with Crippen LogP contribution in [-0.4, -0.2) is 15.5 Å². The summed E-state index contributed by atoms with van der Waals surface area (Å²) in [7, 11) is 0. The molecule has 2 aromatic heterocycles. The monoisotopic (exact) mass is 267 g/mol. The molecule has 0 saturated carbocycles. The number of carboxylic acid groups (broad SMARTS) is 1. The lowest BCUT2D eigenvalue weighted by atomic mass is 10.2. The van der Waals surface area contributed by atoms with E-state index in [0.29, 0.717) is 5.52 Å². The molecule has 2 aromatic rings. The highest BCUT2D eigenvalue weighted by molar-refractivity contribution is 9.10. The van der Waals surface area contributed by atoms with Crippen molar-refractivity contribution in [2.45, 2.75) is 0 Å². The Morgan fingerprint density at radius 1 is 1.33 bits per heavy atom. The number of nitrogens with zero attached hydrogens (tertiary/aromatic N) is 1. The van der Waals surface area contributed by atoms with E-state index in [-0.39, 0.29) is 11.1 Å². The van der Waals surface area contributed by atoms with Gasteiger partial charge in [0.25, 0.3) is 5.56 Å². The highest BCUT2D eigenvalue weighted by Gasteiger charge is 2.09. The molecular weight excluding hydrogens is 262 g/mol. The van der Waals surface area contributed by atoms with E-state index in [0.717, 1.165) is 4.47 Å². The minimum absolute atomic E-state index is 0.107. The molecule has 0 saturated heterocycles. The van der Waals surface area contributed by atoms with Crippen LogP contribution in [0.3, 0.4) is 0 Å². The van der Waals surface area contributed by atoms with E-state index in [1.54, 1.807) is 12.1 Å². The zero-order valence-electron chi connectivity index (χ0n) is 7.48. The van der Waals surface area contributed by atoms with Gasteiger partial charge in [0.1, 0.15) is 0 Å². The first-order valence-electron chi connectivity index (χ1n) is 4.14. The number of aromatic nitrogens is 1. The second-order valence-electron chi connectivity index (χ2n) is 2.99. The van der Waals surface area contributed by atoms with Crippen LogP contribution in [0, 0.1) is 0 Å². The van der Waals surface area contributed by atoms with Crippen molar-refractivity contribution in [3.63, 3.8) is 0 Å². The maximum absolute atomic E-state index is 11.4. The van der Waals surface area contributed by atoms with Gasteiger partial charge in [-0.05, 0) is 18.2 Å². The van der Waals surface area contributed by atoms with Crippen LogP contribution >= 0.6 is 15.9 Å². The second-order valence-corrected chi connectivity index (χ2v) is 3.91. The zero-order valence-corrected chi connectivity index (χ0v) is 9.06. The minimum Gasteiger partial charge on any atom is -0.478 e. The molecule has 0 radical (unpaired) electrons. The highest BCUT2D eigenvalue weighted by Crippen LogP contribution is 2.15. The number of carbonyl (C=O) groups is 1. The Kier molecular flexibility index (Phi) is 2.32. The van der Waals surface area contributed by atoms with Crippen LogP contribution in [0.5, 0.6) is 0 Å². The van der Waals surface area contributed by atoms with Crippen molar-refractivity contribution < 1.29 is 9.90 Å². The molecule has 2 heterocycles. The molecule has 0 fully saturated rings. The van der Waals surface area contributed by atoms with Gasteiger partial charge in [-0.2, -0.15) is 0 Å². The van der Waals surface area contributed by atoms with E-state index in [1.807, 2.05) is 0 Å². The summed E-state index contributed by atoms with van der Waals surface area (Å²) in [6.45, 7) is 0.